The van der Waals surface area contributed by atoms with Gasteiger partial charge in [-0.1, -0.05) is 12.1 Å². The lowest BCUT2D eigenvalue weighted by Crippen LogP contribution is -2.01. The topological polar surface area (TPSA) is 84.5 Å². The summed E-state index contributed by atoms with van der Waals surface area (Å²) in [6.07, 6.45) is 3.76. The molecular formula is C19H18N2O4. The Hall–Kier alpha value is -3.38. The van der Waals surface area contributed by atoms with Crippen LogP contribution in [0.25, 0.3) is 0 Å². The molecule has 0 bridgehead atoms. The van der Waals surface area contributed by atoms with E-state index in [-0.39, 0.29) is 0 Å². The summed E-state index contributed by atoms with van der Waals surface area (Å²) in [5.41, 5.74) is 3.40. The molecule has 0 saturated heterocycles. The molecule has 0 N–H and O–H groups in total. The molecule has 0 aromatic heterocycles. The highest BCUT2D eigenvalue weighted by molar-refractivity contribution is 5.56. The molecule has 0 fully saturated rings. The van der Waals surface area contributed by atoms with Crippen LogP contribution in [0.15, 0.2) is 24.3 Å². The first-order valence-electron chi connectivity index (χ1n) is 7.50. The molecule has 25 heavy (non-hydrogen) atoms. The van der Waals surface area contributed by atoms with Crippen LogP contribution < -0.4 is 18.9 Å². The monoisotopic (exact) mass is 338 g/mol. The van der Waals surface area contributed by atoms with Gasteiger partial charge in [0.05, 0.1) is 14.2 Å². The summed E-state index contributed by atoms with van der Waals surface area (Å²) in [4.78, 5) is 0. The van der Waals surface area contributed by atoms with Crippen molar-refractivity contribution in [1.29, 1.82) is 10.5 Å². The molecule has 0 radical (unpaired) electrons. The average molecular weight is 338 g/mol. The Balaban J connectivity index is 2.60. The largest absolute Gasteiger partial charge is 0.493 e. The number of nitrogens with zero attached hydrogens (tertiary/aromatic N) is 2. The van der Waals surface area contributed by atoms with E-state index >= 15 is 0 Å². The number of hydrogen-bond donors (Lipinski definition) is 0. The summed E-state index contributed by atoms with van der Waals surface area (Å²) in [5.74, 6) is 1.64. The summed E-state index contributed by atoms with van der Waals surface area (Å²) in [6.45, 7) is 3.84. The average Bonchev–Trinajstić information content (AvgIpc) is 2.59. The molecule has 0 saturated carbocycles. The van der Waals surface area contributed by atoms with Crippen LogP contribution in [-0.4, -0.2) is 14.2 Å². The quantitative estimate of drug-likeness (QED) is 0.748. The third-order valence-corrected chi connectivity index (χ3v) is 3.67. The smallest absolute Gasteiger partial charge is 0.292 e. The molecule has 0 unspecified atom stereocenters. The van der Waals surface area contributed by atoms with E-state index in [1.807, 2.05) is 26.0 Å². The van der Waals surface area contributed by atoms with Crippen LogP contribution in [-0.2, 0) is 6.42 Å². The minimum atomic E-state index is 0.346. The molecule has 128 valence electrons. The maximum absolute atomic E-state index is 8.95. The van der Waals surface area contributed by atoms with E-state index in [0.29, 0.717) is 29.4 Å². The SMILES string of the molecule is COc1cc(C)cc(Cc2cc(C)cc(OC)c2OC#N)c1OC#N. The Morgan fingerprint density at radius 3 is 1.48 bits per heavy atom. The zero-order valence-corrected chi connectivity index (χ0v) is 14.5. The minimum Gasteiger partial charge on any atom is -0.493 e. The summed E-state index contributed by atoms with van der Waals surface area (Å²) >= 11 is 0. The van der Waals surface area contributed by atoms with Gasteiger partial charge in [0, 0.05) is 17.5 Å². The second-order valence-corrected chi connectivity index (χ2v) is 5.47. The number of rotatable bonds is 6. The predicted molar refractivity (Wildman–Crippen MR) is 90.8 cm³/mol. The normalized spacial score (nSPS) is 9.68. The van der Waals surface area contributed by atoms with Gasteiger partial charge < -0.3 is 18.9 Å². The van der Waals surface area contributed by atoms with Gasteiger partial charge in [0.1, 0.15) is 0 Å². The highest BCUT2D eigenvalue weighted by Crippen LogP contribution is 2.38. The second kappa shape index (κ2) is 7.94. The predicted octanol–water partition coefficient (Wildman–Crippen LogP) is 3.63. The number of aryl methyl sites for hydroxylation is 2. The molecule has 0 aliphatic heterocycles. The van der Waals surface area contributed by atoms with Crippen LogP contribution in [0.2, 0.25) is 0 Å². The van der Waals surface area contributed by atoms with Gasteiger partial charge in [-0.2, -0.15) is 0 Å². The van der Waals surface area contributed by atoms with E-state index < -0.39 is 0 Å². The minimum absolute atomic E-state index is 0.346. The zero-order chi connectivity index (χ0) is 18.4. The third kappa shape index (κ3) is 3.94. The second-order valence-electron chi connectivity index (χ2n) is 5.47. The van der Waals surface area contributed by atoms with Crippen molar-refractivity contribution in [3.05, 3.63) is 46.5 Å². The first-order valence-corrected chi connectivity index (χ1v) is 7.50. The molecule has 0 spiro atoms. The Labute approximate surface area is 146 Å². The molecule has 0 heterocycles. The van der Waals surface area contributed by atoms with Crippen LogP contribution in [0, 0.1) is 36.9 Å². The van der Waals surface area contributed by atoms with Crippen molar-refractivity contribution in [2.24, 2.45) is 0 Å². The van der Waals surface area contributed by atoms with Gasteiger partial charge >= 0.3 is 0 Å². The van der Waals surface area contributed by atoms with E-state index in [1.54, 1.807) is 24.6 Å². The lowest BCUT2D eigenvalue weighted by molar-refractivity contribution is 0.379. The number of benzene rings is 2. The Bertz CT molecular complexity index is 792. The van der Waals surface area contributed by atoms with Crippen molar-refractivity contribution in [2.45, 2.75) is 20.3 Å². The first-order chi connectivity index (χ1) is 12.0. The van der Waals surface area contributed by atoms with Gasteiger partial charge in [-0.3, -0.25) is 0 Å². The van der Waals surface area contributed by atoms with E-state index in [1.165, 1.54) is 14.2 Å². The van der Waals surface area contributed by atoms with E-state index in [9.17, 15) is 0 Å². The fraction of sp³-hybridized carbons (Fsp3) is 0.263. The van der Waals surface area contributed by atoms with Crippen LogP contribution in [0.5, 0.6) is 23.0 Å². The van der Waals surface area contributed by atoms with Gasteiger partial charge in [0.2, 0.25) is 0 Å². The lowest BCUT2D eigenvalue weighted by Gasteiger charge is -2.15. The van der Waals surface area contributed by atoms with Crippen LogP contribution >= 0.6 is 0 Å². The molecule has 6 heteroatoms. The number of nitriles is 2. The zero-order valence-electron chi connectivity index (χ0n) is 14.5. The van der Waals surface area contributed by atoms with Crippen molar-refractivity contribution in [2.75, 3.05) is 14.2 Å². The van der Waals surface area contributed by atoms with Crippen molar-refractivity contribution < 1.29 is 18.9 Å². The number of hydrogen-bond acceptors (Lipinski definition) is 6. The van der Waals surface area contributed by atoms with E-state index in [4.69, 9.17) is 29.5 Å². The fourth-order valence-corrected chi connectivity index (χ4v) is 2.72. The first kappa shape index (κ1) is 18.0. The van der Waals surface area contributed by atoms with Crippen LogP contribution in [0.1, 0.15) is 22.3 Å². The Morgan fingerprint density at radius 1 is 0.760 bits per heavy atom. The van der Waals surface area contributed by atoms with Gasteiger partial charge in [-0.25, -0.2) is 0 Å². The Kier molecular flexibility index (Phi) is 5.71. The molecular weight excluding hydrogens is 320 g/mol. The molecule has 0 amide bonds. The van der Waals surface area contributed by atoms with Gasteiger partial charge in [0.15, 0.2) is 23.0 Å². The van der Waals surface area contributed by atoms with Gasteiger partial charge in [0.25, 0.3) is 12.5 Å². The maximum Gasteiger partial charge on any atom is 0.292 e. The highest BCUT2D eigenvalue weighted by atomic mass is 16.5. The molecule has 2 aromatic rings. The fourth-order valence-electron chi connectivity index (χ4n) is 2.72. The summed E-state index contributed by atoms with van der Waals surface area (Å²) in [7, 11) is 3.03. The van der Waals surface area contributed by atoms with Crippen molar-refractivity contribution in [3.63, 3.8) is 0 Å². The van der Waals surface area contributed by atoms with E-state index in [0.717, 1.165) is 22.3 Å². The van der Waals surface area contributed by atoms with Crippen molar-refractivity contribution in [3.8, 4) is 35.5 Å². The molecule has 6 nitrogen and oxygen atoms in total. The van der Waals surface area contributed by atoms with Crippen molar-refractivity contribution >= 4 is 0 Å². The number of ether oxygens (including phenoxy) is 4. The number of methoxy groups -OCH3 is 2. The van der Waals surface area contributed by atoms with Crippen LogP contribution in [0.3, 0.4) is 0 Å². The standard InChI is InChI=1S/C19H18N2O4/c1-12-5-14(18(24-10-20)16(7-12)22-3)9-15-6-13(2)8-17(23-4)19(15)25-11-21/h5-8H,9H2,1-4H3. The molecule has 0 aliphatic rings. The maximum atomic E-state index is 8.95. The third-order valence-electron chi connectivity index (χ3n) is 3.67. The molecule has 0 atom stereocenters. The van der Waals surface area contributed by atoms with Crippen LogP contribution in [0.4, 0.5) is 0 Å². The lowest BCUT2D eigenvalue weighted by atomic mass is 9.99. The summed E-state index contributed by atoms with van der Waals surface area (Å²) in [6, 6.07) is 7.39. The van der Waals surface area contributed by atoms with Gasteiger partial charge in [-0.15, -0.1) is 10.5 Å². The molecule has 2 aromatic carbocycles. The Morgan fingerprint density at radius 2 is 1.16 bits per heavy atom. The van der Waals surface area contributed by atoms with E-state index in [2.05, 4.69) is 0 Å². The summed E-state index contributed by atoms with van der Waals surface area (Å²) < 4.78 is 20.9. The molecule has 2 rings (SSSR count). The molecule has 0 aliphatic carbocycles. The highest BCUT2D eigenvalue weighted by Gasteiger charge is 2.18. The van der Waals surface area contributed by atoms with Crippen molar-refractivity contribution in [1.82, 2.24) is 0 Å². The van der Waals surface area contributed by atoms with Gasteiger partial charge in [-0.05, 0) is 37.1 Å². The summed E-state index contributed by atoms with van der Waals surface area (Å²) in [5, 5.41) is 17.9.